The van der Waals surface area contributed by atoms with Crippen LogP contribution in [0.3, 0.4) is 0 Å². The Hall–Kier alpha value is -3.71. The van der Waals surface area contributed by atoms with E-state index in [1.165, 1.54) is 4.57 Å². The van der Waals surface area contributed by atoms with E-state index < -0.39 is 18.1 Å². The van der Waals surface area contributed by atoms with Crippen LogP contribution in [0.2, 0.25) is 0 Å². The molecule has 7 heteroatoms. The molecule has 3 aromatic rings. The van der Waals surface area contributed by atoms with Crippen LogP contribution in [0.1, 0.15) is 68.0 Å². The van der Waals surface area contributed by atoms with Crippen LogP contribution >= 0.6 is 0 Å². The molecule has 0 aliphatic heterocycles. The second-order valence-electron chi connectivity index (χ2n) is 11.4. The lowest BCUT2D eigenvalue weighted by atomic mass is 9.92. The summed E-state index contributed by atoms with van der Waals surface area (Å²) < 4.78 is 6.78. The highest BCUT2D eigenvalue weighted by molar-refractivity contribution is 5.82. The third kappa shape index (κ3) is 8.89. The topological polar surface area (TPSA) is 80.6 Å². The molecule has 2 atom stereocenters. The molecule has 0 aliphatic rings. The van der Waals surface area contributed by atoms with Crippen molar-refractivity contribution in [1.29, 1.82) is 0 Å². The van der Waals surface area contributed by atoms with Crippen molar-refractivity contribution < 1.29 is 14.3 Å². The predicted octanol–water partition coefficient (Wildman–Crippen LogP) is 5.63. The summed E-state index contributed by atoms with van der Waals surface area (Å²) in [6.07, 6.45) is 2.95. The fraction of sp³-hybridized carbons (Fsp3) is 0.441. The van der Waals surface area contributed by atoms with Crippen LogP contribution in [0.4, 0.5) is 0 Å². The molecule has 1 heterocycles. The second kappa shape index (κ2) is 14.8. The summed E-state index contributed by atoms with van der Waals surface area (Å²) in [5.74, 6) is -0.520. The van der Waals surface area contributed by atoms with Gasteiger partial charge in [-0.3, -0.25) is 14.4 Å². The van der Waals surface area contributed by atoms with Crippen LogP contribution < -0.4 is 10.9 Å². The number of ether oxygens (including phenoxy) is 1. The molecule has 0 bridgehead atoms. The molecule has 0 radical (unpaired) electrons. The lowest BCUT2D eigenvalue weighted by Crippen LogP contribution is -2.40. The molecule has 7 nitrogen and oxygen atoms in total. The predicted molar refractivity (Wildman–Crippen MR) is 165 cm³/mol. The maximum absolute atomic E-state index is 13.9. The molecule has 1 unspecified atom stereocenters. The van der Waals surface area contributed by atoms with Gasteiger partial charge in [-0.1, -0.05) is 50.2 Å². The molecule has 1 aromatic heterocycles. The molecule has 0 spiro atoms. The van der Waals surface area contributed by atoms with Gasteiger partial charge in [0.05, 0.1) is 19.1 Å². The molecule has 0 aliphatic carbocycles. The summed E-state index contributed by atoms with van der Waals surface area (Å²) in [5, 5.41) is 3.11. The Labute approximate surface area is 244 Å². The number of hydrogen-bond donors (Lipinski definition) is 1. The first-order valence-electron chi connectivity index (χ1n) is 14.5. The molecule has 0 fully saturated rings. The van der Waals surface area contributed by atoms with E-state index in [1.807, 2.05) is 64.3 Å². The van der Waals surface area contributed by atoms with Gasteiger partial charge < -0.3 is 19.5 Å². The van der Waals surface area contributed by atoms with Crippen LogP contribution in [0.5, 0.6) is 0 Å². The monoisotopic (exact) mass is 559 g/mol. The largest absolute Gasteiger partial charge is 0.466 e. The van der Waals surface area contributed by atoms with Crippen molar-refractivity contribution >= 4 is 11.9 Å². The van der Waals surface area contributed by atoms with Gasteiger partial charge in [0.2, 0.25) is 5.91 Å². The Kier molecular flexibility index (Phi) is 11.5. The smallest absolute Gasteiger partial charge is 0.308 e. The highest BCUT2D eigenvalue weighted by atomic mass is 16.5. The van der Waals surface area contributed by atoms with Gasteiger partial charge >= 0.3 is 5.97 Å². The Balaban J connectivity index is 1.97. The Morgan fingerprint density at radius 2 is 1.68 bits per heavy atom. The zero-order valence-electron chi connectivity index (χ0n) is 25.6. The standard InChI is InChI=1S/C34H45N3O4/c1-8-41-32(39)22-29(27-13-10-14-28(21-27)33-24(4)11-9-12-25(33)5)35-34(40)30(19-23(2)3)37-18-16-26(20-31(37)38)15-17-36(6)7/h9-14,16,18,20-21,23,29-30H,8,15,17,19,22H2,1-7H3,(H,35,40)/t29-,30?/m0/s1. The quantitative estimate of drug-likeness (QED) is 0.275. The zero-order chi connectivity index (χ0) is 30.1. The number of amides is 1. The number of benzene rings is 2. The van der Waals surface area contributed by atoms with Crippen molar-refractivity contribution in [2.75, 3.05) is 27.2 Å². The van der Waals surface area contributed by atoms with Crippen LogP contribution in [-0.2, 0) is 20.7 Å². The molecular formula is C34H45N3O4. The summed E-state index contributed by atoms with van der Waals surface area (Å²) in [6, 6.07) is 16.3. The molecule has 0 saturated carbocycles. The van der Waals surface area contributed by atoms with Crippen LogP contribution in [-0.4, -0.2) is 48.6 Å². The highest BCUT2D eigenvalue weighted by Gasteiger charge is 2.27. The number of esters is 1. The van der Waals surface area contributed by atoms with E-state index in [0.29, 0.717) is 6.42 Å². The SMILES string of the molecule is CCOC(=O)C[C@H](NC(=O)C(CC(C)C)n1ccc(CCN(C)C)cc1=O)c1cccc(-c2c(C)cccc2C)c1. The van der Waals surface area contributed by atoms with Crippen LogP contribution in [0.15, 0.2) is 65.6 Å². The summed E-state index contributed by atoms with van der Waals surface area (Å²) in [5.41, 5.74) is 5.99. The zero-order valence-corrected chi connectivity index (χ0v) is 25.6. The molecule has 0 saturated heterocycles. The summed E-state index contributed by atoms with van der Waals surface area (Å²) in [4.78, 5) is 41.8. The first-order chi connectivity index (χ1) is 19.5. The maximum atomic E-state index is 13.9. The van der Waals surface area contributed by atoms with Crippen molar-refractivity contribution in [3.05, 3.63) is 93.4 Å². The fourth-order valence-corrected chi connectivity index (χ4v) is 5.18. The van der Waals surface area contributed by atoms with E-state index in [2.05, 4.69) is 36.2 Å². The van der Waals surface area contributed by atoms with E-state index in [0.717, 1.165) is 46.3 Å². The van der Waals surface area contributed by atoms with E-state index in [1.54, 1.807) is 19.2 Å². The average molecular weight is 560 g/mol. The van der Waals surface area contributed by atoms with Gasteiger partial charge in [-0.2, -0.15) is 0 Å². The fourth-order valence-electron chi connectivity index (χ4n) is 5.18. The van der Waals surface area contributed by atoms with E-state index in [-0.39, 0.29) is 30.4 Å². The lowest BCUT2D eigenvalue weighted by molar-refractivity contribution is -0.144. The number of nitrogens with zero attached hydrogens (tertiary/aromatic N) is 2. The van der Waals surface area contributed by atoms with Gasteiger partial charge in [0.25, 0.3) is 5.56 Å². The molecular weight excluding hydrogens is 514 g/mol. The molecule has 41 heavy (non-hydrogen) atoms. The molecule has 220 valence electrons. The average Bonchev–Trinajstić information content (AvgIpc) is 2.90. The van der Waals surface area contributed by atoms with E-state index in [4.69, 9.17) is 4.74 Å². The van der Waals surface area contributed by atoms with Gasteiger partial charge in [0, 0.05) is 18.8 Å². The number of pyridine rings is 1. The number of aromatic nitrogens is 1. The molecule has 2 aromatic carbocycles. The van der Waals surface area contributed by atoms with Gasteiger partial charge in [-0.25, -0.2) is 0 Å². The summed E-state index contributed by atoms with van der Waals surface area (Å²) >= 11 is 0. The third-order valence-electron chi connectivity index (χ3n) is 7.24. The van der Waals surface area contributed by atoms with E-state index >= 15 is 0 Å². The first-order valence-corrected chi connectivity index (χ1v) is 14.5. The van der Waals surface area contributed by atoms with Gasteiger partial charge in [0.15, 0.2) is 0 Å². The van der Waals surface area contributed by atoms with Crippen molar-refractivity contribution in [2.24, 2.45) is 5.92 Å². The van der Waals surface area contributed by atoms with Crippen molar-refractivity contribution in [3.63, 3.8) is 0 Å². The van der Waals surface area contributed by atoms with Crippen LogP contribution in [0.25, 0.3) is 11.1 Å². The molecule has 1 amide bonds. The highest BCUT2D eigenvalue weighted by Crippen LogP contribution is 2.30. The number of hydrogen-bond acceptors (Lipinski definition) is 5. The van der Waals surface area contributed by atoms with Crippen LogP contribution in [0, 0.1) is 19.8 Å². The van der Waals surface area contributed by atoms with Crippen molar-refractivity contribution in [2.45, 2.75) is 66.0 Å². The Morgan fingerprint density at radius 1 is 1.00 bits per heavy atom. The Bertz CT molecular complexity index is 1370. The normalized spacial score (nSPS) is 12.8. The second-order valence-corrected chi connectivity index (χ2v) is 11.4. The molecule has 3 rings (SSSR count). The summed E-state index contributed by atoms with van der Waals surface area (Å²) in [7, 11) is 3.99. The minimum Gasteiger partial charge on any atom is -0.466 e. The van der Waals surface area contributed by atoms with Gasteiger partial charge in [0.1, 0.15) is 6.04 Å². The maximum Gasteiger partial charge on any atom is 0.308 e. The Morgan fingerprint density at radius 3 is 2.29 bits per heavy atom. The first kappa shape index (κ1) is 31.8. The number of carbonyl (C=O) groups excluding carboxylic acids is 2. The lowest BCUT2D eigenvalue weighted by Gasteiger charge is -2.26. The number of rotatable bonds is 13. The third-order valence-corrected chi connectivity index (χ3v) is 7.24. The minimum atomic E-state index is -0.711. The van der Waals surface area contributed by atoms with E-state index in [9.17, 15) is 14.4 Å². The van der Waals surface area contributed by atoms with Crippen molar-refractivity contribution in [1.82, 2.24) is 14.8 Å². The number of nitrogens with one attached hydrogen (secondary N) is 1. The van der Waals surface area contributed by atoms with Gasteiger partial charge in [-0.05, 0) is 99.1 Å². The minimum absolute atomic E-state index is 0.0114. The number of aryl methyl sites for hydroxylation is 2. The van der Waals surface area contributed by atoms with Gasteiger partial charge in [-0.15, -0.1) is 0 Å². The number of likely N-dealkylation sites (N-methyl/N-ethyl adjacent to an activating group) is 1. The molecule has 1 N–H and O–H groups in total. The summed E-state index contributed by atoms with van der Waals surface area (Å²) in [6.45, 7) is 11.1. The number of carbonyl (C=O) groups is 2. The van der Waals surface area contributed by atoms with Crippen molar-refractivity contribution in [3.8, 4) is 11.1 Å².